The van der Waals surface area contributed by atoms with Gasteiger partial charge in [-0.05, 0) is 24.6 Å². The minimum atomic E-state index is -0.951. The number of hydrogen-bond acceptors (Lipinski definition) is 2. The highest BCUT2D eigenvalue weighted by Crippen LogP contribution is 2.24. The van der Waals surface area contributed by atoms with Gasteiger partial charge < -0.3 is 9.84 Å². The molecule has 0 saturated carbocycles. The van der Waals surface area contributed by atoms with Crippen LogP contribution in [-0.2, 0) is 0 Å². The van der Waals surface area contributed by atoms with E-state index in [0.717, 1.165) is 17.3 Å². The average Bonchev–Trinajstić information content (AvgIpc) is 2.45. The van der Waals surface area contributed by atoms with Crippen molar-refractivity contribution >= 4 is 21.9 Å². The number of carboxylic acids is 1. The van der Waals surface area contributed by atoms with Gasteiger partial charge in [0.1, 0.15) is 11.3 Å². The summed E-state index contributed by atoms with van der Waals surface area (Å²) in [7, 11) is 0. The van der Waals surface area contributed by atoms with Crippen LogP contribution in [0.4, 0.5) is 0 Å². The molecule has 1 aromatic rings. The molecule has 0 saturated heterocycles. The quantitative estimate of drug-likeness (QED) is 0.519. The molecule has 0 fully saturated rings. The maximum Gasteiger partial charge on any atom is 0.339 e. The average molecular weight is 357 g/mol. The summed E-state index contributed by atoms with van der Waals surface area (Å²) in [4.78, 5) is 11.1. The zero-order chi connectivity index (χ0) is 15.5. The first-order valence-corrected chi connectivity index (χ1v) is 8.60. The highest BCUT2D eigenvalue weighted by atomic mass is 79.9. The minimum absolute atomic E-state index is 0.220. The number of halogens is 1. The smallest absolute Gasteiger partial charge is 0.339 e. The summed E-state index contributed by atoms with van der Waals surface area (Å²) < 4.78 is 6.45. The Morgan fingerprint density at radius 1 is 1.10 bits per heavy atom. The number of carboxylic acid groups (broad SMARTS) is 1. The van der Waals surface area contributed by atoms with Gasteiger partial charge in [0.15, 0.2) is 0 Å². The van der Waals surface area contributed by atoms with Crippen molar-refractivity contribution in [1.82, 2.24) is 0 Å². The van der Waals surface area contributed by atoms with Crippen LogP contribution in [0.5, 0.6) is 5.75 Å². The number of carbonyl (C=O) groups is 1. The predicted molar refractivity (Wildman–Crippen MR) is 89.2 cm³/mol. The second kappa shape index (κ2) is 10.7. The summed E-state index contributed by atoms with van der Waals surface area (Å²) in [5.41, 5.74) is 0.220. The molecule has 0 amide bonds. The van der Waals surface area contributed by atoms with E-state index < -0.39 is 5.97 Å². The molecule has 0 aliphatic rings. The van der Waals surface area contributed by atoms with Crippen molar-refractivity contribution in [2.75, 3.05) is 6.61 Å². The van der Waals surface area contributed by atoms with Crippen LogP contribution < -0.4 is 4.74 Å². The largest absolute Gasteiger partial charge is 0.493 e. The van der Waals surface area contributed by atoms with Crippen LogP contribution >= 0.6 is 15.9 Å². The van der Waals surface area contributed by atoms with E-state index in [-0.39, 0.29) is 5.56 Å². The lowest BCUT2D eigenvalue weighted by Crippen LogP contribution is -2.04. The molecule has 0 heterocycles. The number of ether oxygens (including phenoxy) is 1. The minimum Gasteiger partial charge on any atom is -0.493 e. The number of unbranched alkanes of at least 4 members (excludes halogenated alkanes) is 7. The van der Waals surface area contributed by atoms with Crippen molar-refractivity contribution in [1.29, 1.82) is 0 Å². The van der Waals surface area contributed by atoms with E-state index in [1.54, 1.807) is 18.2 Å². The first-order valence-electron chi connectivity index (χ1n) is 7.80. The third-order valence-electron chi connectivity index (χ3n) is 3.43. The molecule has 0 spiro atoms. The van der Waals surface area contributed by atoms with E-state index in [0.29, 0.717) is 12.4 Å². The summed E-state index contributed by atoms with van der Waals surface area (Å²) in [6, 6.07) is 5.00. The molecular weight excluding hydrogens is 332 g/mol. The molecule has 1 rings (SSSR count). The fraction of sp³-hybridized carbons (Fsp3) is 0.588. The van der Waals surface area contributed by atoms with Gasteiger partial charge in [0.2, 0.25) is 0 Å². The Morgan fingerprint density at radius 3 is 2.33 bits per heavy atom. The lowest BCUT2D eigenvalue weighted by atomic mass is 10.1. The van der Waals surface area contributed by atoms with Gasteiger partial charge in [-0.3, -0.25) is 0 Å². The standard InChI is InChI=1S/C17H25BrO3/c1-2-3-4-5-6-7-8-9-12-21-16-13-14(18)10-11-15(16)17(19)20/h10-11,13H,2-9,12H2,1H3,(H,19,20). The van der Waals surface area contributed by atoms with Crippen molar-refractivity contribution in [3.8, 4) is 5.75 Å². The molecule has 0 aromatic heterocycles. The Balaban J connectivity index is 2.21. The Morgan fingerprint density at radius 2 is 1.71 bits per heavy atom. The van der Waals surface area contributed by atoms with Gasteiger partial charge in [0, 0.05) is 4.47 Å². The Labute approximate surface area is 135 Å². The molecule has 0 radical (unpaired) electrons. The van der Waals surface area contributed by atoms with Crippen molar-refractivity contribution in [3.05, 3.63) is 28.2 Å². The molecule has 4 heteroatoms. The van der Waals surface area contributed by atoms with Crippen LogP contribution in [0.2, 0.25) is 0 Å². The molecule has 0 aliphatic heterocycles. The van der Waals surface area contributed by atoms with E-state index in [1.165, 1.54) is 38.5 Å². The van der Waals surface area contributed by atoms with Crippen LogP contribution in [0, 0.1) is 0 Å². The highest BCUT2D eigenvalue weighted by molar-refractivity contribution is 9.10. The van der Waals surface area contributed by atoms with E-state index >= 15 is 0 Å². The summed E-state index contributed by atoms with van der Waals surface area (Å²) in [6.45, 7) is 2.80. The molecule has 0 aliphatic carbocycles. The van der Waals surface area contributed by atoms with Gasteiger partial charge in [-0.15, -0.1) is 0 Å². The Hall–Kier alpha value is -1.03. The van der Waals surface area contributed by atoms with Crippen LogP contribution in [0.15, 0.2) is 22.7 Å². The molecule has 0 bridgehead atoms. The lowest BCUT2D eigenvalue weighted by Gasteiger charge is -2.09. The summed E-state index contributed by atoms with van der Waals surface area (Å²) in [5.74, 6) is -0.506. The van der Waals surface area contributed by atoms with Crippen molar-refractivity contribution in [2.45, 2.75) is 58.3 Å². The molecule has 3 nitrogen and oxygen atoms in total. The second-order valence-corrected chi connectivity index (χ2v) is 6.18. The van der Waals surface area contributed by atoms with Crippen molar-refractivity contribution in [2.24, 2.45) is 0 Å². The molecule has 118 valence electrons. The van der Waals surface area contributed by atoms with E-state index in [4.69, 9.17) is 9.84 Å². The first kappa shape index (κ1) is 18.0. The fourth-order valence-corrected chi connectivity index (χ4v) is 2.55. The maximum atomic E-state index is 11.1. The Kier molecular flexibility index (Phi) is 9.15. The van der Waals surface area contributed by atoms with Gasteiger partial charge in [0.05, 0.1) is 6.61 Å². The van der Waals surface area contributed by atoms with Gasteiger partial charge in [-0.2, -0.15) is 0 Å². The summed E-state index contributed by atoms with van der Waals surface area (Å²) >= 11 is 3.34. The first-order chi connectivity index (χ1) is 10.1. The predicted octanol–water partition coefficient (Wildman–Crippen LogP) is 5.67. The normalized spacial score (nSPS) is 10.6. The maximum absolute atomic E-state index is 11.1. The van der Waals surface area contributed by atoms with E-state index in [9.17, 15) is 4.79 Å². The lowest BCUT2D eigenvalue weighted by molar-refractivity contribution is 0.0692. The number of benzene rings is 1. The Bertz CT molecular complexity index is 432. The van der Waals surface area contributed by atoms with Gasteiger partial charge >= 0.3 is 5.97 Å². The van der Waals surface area contributed by atoms with E-state index in [1.807, 2.05) is 0 Å². The topological polar surface area (TPSA) is 46.5 Å². The van der Waals surface area contributed by atoms with Crippen molar-refractivity contribution < 1.29 is 14.6 Å². The summed E-state index contributed by atoms with van der Waals surface area (Å²) in [5, 5.41) is 9.10. The highest BCUT2D eigenvalue weighted by Gasteiger charge is 2.11. The number of hydrogen-bond donors (Lipinski definition) is 1. The molecule has 1 aromatic carbocycles. The van der Waals surface area contributed by atoms with Gasteiger partial charge in [0.25, 0.3) is 0 Å². The molecule has 21 heavy (non-hydrogen) atoms. The van der Waals surface area contributed by atoms with Crippen LogP contribution in [0.3, 0.4) is 0 Å². The molecule has 0 unspecified atom stereocenters. The molecule has 1 N–H and O–H groups in total. The SMILES string of the molecule is CCCCCCCCCCOc1cc(Br)ccc1C(=O)O. The van der Waals surface area contributed by atoms with E-state index in [2.05, 4.69) is 22.9 Å². The third-order valence-corrected chi connectivity index (χ3v) is 3.92. The zero-order valence-corrected chi connectivity index (χ0v) is 14.3. The van der Waals surface area contributed by atoms with Crippen LogP contribution in [0.25, 0.3) is 0 Å². The second-order valence-electron chi connectivity index (χ2n) is 5.27. The summed E-state index contributed by atoms with van der Waals surface area (Å²) in [6.07, 6.45) is 9.92. The van der Waals surface area contributed by atoms with Crippen LogP contribution in [-0.4, -0.2) is 17.7 Å². The van der Waals surface area contributed by atoms with Crippen molar-refractivity contribution in [3.63, 3.8) is 0 Å². The third kappa shape index (κ3) is 7.51. The number of rotatable bonds is 11. The molecule has 0 atom stereocenters. The zero-order valence-electron chi connectivity index (χ0n) is 12.7. The van der Waals surface area contributed by atoms with Gasteiger partial charge in [-0.25, -0.2) is 4.79 Å². The molecular formula is C17H25BrO3. The monoisotopic (exact) mass is 356 g/mol. The number of aromatic carboxylic acids is 1. The van der Waals surface area contributed by atoms with Crippen LogP contribution in [0.1, 0.15) is 68.6 Å². The fourth-order valence-electron chi connectivity index (χ4n) is 2.21. The van der Waals surface area contributed by atoms with Gasteiger partial charge in [-0.1, -0.05) is 67.8 Å².